The molecule has 0 amide bonds. The molecule has 0 aliphatic rings. The SMILES string of the molecule is Cn1ccc(NCC(C)(C)O)n1. The predicted molar refractivity (Wildman–Crippen MR) is 48.0 cm³/mol. The van der Waals surface area contributed by atoms with Crippen LogP contribution in [0.25, 0.3) is 0 Å². The zero-order chi connectivity index (χ0) is 9.19. The van der Waals surface area contributed by atoms with Gasteiger partial charge in [-0.25, -0.2) is 0 Å². The van der Waals surface area contributed by atoms with E-state index in [1.165, 1.54) is 0 Å². The molecule has 1 rings (SSSR count). The molecular weight excluding hydrogens is 154 g/mol. The van der Waals surface area contributed by atoms with E-state index in [0.29, 0.717) is 6.54 Å². The molecule has 4 heteroatoms. The van der Waals surface area contributed by atoms with Crippen molar-refractivity contribution in [3.05, 3.63) is 12.3 Å². The monoisotopic (exact) mass is 169 g/mol. The lowest BCUT2D eigenvalue weighted by atomic mass is 10.1. The maximum absolute atomic E-state index is 9.39. The fourth-order valence-electron chi connectivity index (χ4n) is 0.816. The van der Waals surface area contributed by atoms with Crippen LogP contribution < -0.4 is 5.32 Å². The normalized spacial score (nSPS) is 11.7. The lowest BCUT2D eigenvalue weighted by Gasteiger charge is -2.16. The Morgan fingerprint density at radius 1 is 1.67 bits per heavy atom. The van der Waals surface area contributed by atoms with Crippen LogP contribution >= 0.6 is 0 Å². The first-order chi connectivity index (χ1) is 5.47. The van der Waals surface area contributed by atoms with Gasteiger partial charge in [-0.15, -0.1) is 0 Å². The van der Waals surface area contributed by atoms with Crippen molar-refractivity contribution in [2.24, 2.45) is 7.05 Å². The number of aliphatic hydroxyl groups is 1. The summed E-state index contributed by atoms with van der Waals surface area (Å²) in [5.41, 5.74) is -0.697. The highest BCUT2D eigenvalue weighted by Gasteiger charge is 2.11. The summed E-state index contributed by atoms with van der Waals surface area (Å²) in [6.45, 7) is 4.01. The molecule has 0 aliphatic heterocycles. The molecule has 0 bridgehead atoms. The van der Waals surface area contributed by atoms with Crippen LogP contribution in [0.3, 0.4) is 0 Å². The second kappa shape index (κ2) is 3.15. The summed E-state index contributed by atoms with van der Waals surface area (Å²) in [5.74, 6) is 0.791. The average molecular weight is 169 g/mol. The number of rotatable bonds is 3. The Morgan fingerprint density at radius 2 is 2.33 bits per heavy atom. The van der Waals surface area contributed by atoms with E-state index in [-0.39, 0.29) is 0 Å². The van der Waals surface area contributed by atoms with Crippen molar-refractivity contribution in [2.45, 2.75) is 19.4 Å². The van der Waals surface area contributed by atoms with E-state index in [1.54, 1.807) is 18.5 Å². The maximum atomic E-state index is 9.39. The highest BCUT2D eigenvalue weighted by Crippen LogP contribution is 2.05. The highest BCUT2D eigenvalue weighted by atomic mass is 16.3. The van der Waals surface area contributed by atoms with Gasteiger partial charge in [0.1, 0.15) is 5.82 Å². The molecule has 0 aromatic carbocycles. The van der Waals surface area contributed by atoms with Crippen LogP contribution in [0.2, 0.25) is 0 Å². The Morgan fingerprint density at radius 3 is 2.75 bits per heavy atom. The first-order valence-electron chi connectivity index (χ1n) is 3.93. The molecule has 0 fully saturated rings. The fourth-order valence-corrected chi connectivity index (χ4v) is 0.816. The van der Waals surface area contributed by atoms with E-state index < -0.39 is 5.60 Å². The Balaban J connectivity index is 2.44. The van der Waals surface area contributed by atoms with E-state index in [1.807, 2.05) is 19.3 Å². The molecule has 0 unspecified atom stereocenters. The van der Waals surface area contributed by atoms with E-state index >= 15 is 0 Å². The van der Waals surface area contributed by atoms with Crippen molar-refractivity contribution in [3.8, 4) is 0 Å². The van der Waals surface area contributed by atoms with Gasteiger partial charge in [0.2, 0.25) is 0 Å². The third kappa shape index (κ3) is 2.92. The van der Waals surface area contributed by atoms with Crippen molar-refractivity contribution in [1.29, 1.82) is 0 Å². The quantitative estimate of drug-likeness (QED) is 0.696. The van der Waals surface area contributed by atoms with Crippen LogP contribution in [0.15, 0.2) is 12.3 Å². The molecule has 1 aromatic rings. The van der Waals surface area contributed by atoms with Crippen LogP contribution in [-0.2, 0) is 7.05 Å². The summed E-state index contributed by atoms with van der Waals surface area (Å²) < 4.78 is 1.71. The zero-order valence-electron chi connectivity index (χ0n) is 7.70. The van der Waals surface area contributed by atoms with Gasteiger partial charge in [0.05, 0.1) is 5.60 Å². The Kier molecular flexibility index (Phi) is 2.38. The Labute approximate surface area is 72.2 Å². The van der Waals surface area contributed by atoms with Crippen molar-refractivity contribution in [2.75, 3.05) is 11.9 Å². The van der Waals surface area contributed by atoms with Gasteiger partial charge in [0.25, 0.3) is 0 Å². The second-order valence-corrected chi connectivity index (χ2v) is 3.54. The zero-order valence-corrected chi connectivity index (χ0v) is 7.70. The summed E-state index contributed by atoms with van der Waals surface area (Å²) >= 11 is 0. The van der Waals surface area contributed by atoms with Gasteiger partial charge in [-0.3, -0.25) is 4.68 Å². The van der Waals surface area contributed by atoms with Crippen molar-refractivity contribution >= 4 is 5.82 Å². The average Bonchev–Trinajstić information content (AvgIpc) is 2.30. The lowest BCUT2D eigenvalue weighted by molar-refractivity contribution is 0.0944. The number of aromatic nitrogens is 2. The molecule has 1 aromatic heterocycles. The highest BCUT2D eigenvalue weighted by molar-refractivity contribution is 5.32. The van der Waals surface area contributed by atoms with Gasteiger partial charge in [0.15, 0.2) is 0 Å². The standard InChI is InChI=1S/C8H15N3O/c1-8(2,12)6-9-7-4-5-11(3)10-7/h4-5,12H,6H2,1-3H3,(H,9,10). The molecule has 0 saturated heterocycles. The summed E-state index contributed by atoms with van der Waals surface area (Å²) in [6, 6.07) is 1.87. The molecule has 1 heterocycles. The van der Waals surface area contributed by atoms with Crippen molar-refractivity contribution < 1.29 is 5.11 Å². The third-order valence-electron chi connectivity index (χ3n) is 1.42. The molecule has 0 aliphatic carbocycles. The van der Waals surface area contributed by atoms with E-state index in [9.17, 15) is 5.11 Å². The number of nitrogens with one attached hydrogen (secondary N) is 1. The number of nitrogens with zero attached hydrogens (tertiary/aromatic N) is 2. The summed E-state index contributed by atoms with van der Waals surface area (Å²) in [6.07, 6.45) is 1.85. The van der Waals surface area contributed by atoms with Gasteiger partial charge in [-0.05, 0) is 13.8 Å². The number of aryl methyl sites for hydroxylation is 1. The van der Waals surface area contributed by atoms with E-state index in [2.05, 4.69) is 10.4 Å². The smallest absolute Gasteiger partial charge is 0.148 e. The van der Waals surface area contributed by atoms with Crippen LogP contribution in [0.4, 0.5) is 5.82 Å². The van der Waals surface area contributed by atoms with Gasteiger partial charge >= 0.3 is 0 Å². The van der Waals surface area contributed by atoms with Crippen molar-refractivity contribution in [3.63, 3.8) is 0 Å². The minimum absolute atomic E-state index is 0.504. The minimum Gasteiger partial charge on any atom is -0.389 e. The molecule has 0 radical (unpaired) electrons. The molecule has 68 valence electrons. The molecule has 0 spiro atoms. The molecule has 2 N–H and O–H groups in total. The van der Waals surface area contributed by atoms with Crippen LogP contribution in [0, 0.1) is 0 Å². The van der Waals surface area contributed by atoms with E-state index in [0.717, 1.165) is 5.82 Å². The topological polar surface area (TPSA) is 50.1 Å². The van der Waals surface area contributed by atoms with Gasteiger partial charge in [-0.2, -0.15) is 5.10 Å². The van der Waals surface area contributed by atoms with Crippen LogP contribution in [-0.4, -0.2) is 27.0 Å². The van der Waals surface area contributed by atoms with Gasteiger partial charge < -0.3 is 10.4 Å². The van der Waals surface area contributed by atoms with Crippen LogP contribution in [0.5, 0.6) is 0 Å². The number of hydrogen-bond acceptors (Lipinski definition) is 3. The summed E-state index contributed by atoms with van der Waals surface area (Å²) in [4.78, 5) is 0. The second-order valence-electron chi connectivity index (χ2n) is 3.54. The summed E-state index contributed by atoms with van der Waals surface area (Å²) in [5, 5.41) is 16.5. The first-order valence-corrected chi connectivity index (χ1v) is 3.93. The van der Waals surface area contributed by atoms with Crippen molar-refractivity contribution in [1.82, 2.24) is 9.78 Å². The fraction of sp³-hybridized carbons (Fsp3) is 0.625. The molecule has 0 atom stereocenters. The van der Waals surface area contributed by atoms with E-state index in [4.69, 9.17) is 0 Å². The number of hydrogen-bond donors (Lipinski definition) is 2. The van der Waals surface area contributed by atoms with Crippen LogP contribution in [0.1, 0.15) is 13.8 Å². The maximum Gasteiger partial charge on any atom is 0.148 e. The first kappa shape index (κ1) is 9.06. The third-order valence-corrected chi connectivity index (χ3v) is 1.42. The molecule has 0 saturated carbocycles. The summed E-state index contributed by atoms with van der Waals surface area (Å²) in [7, 11) is 1.86. The molecule has 12 heavy (non-hydrogen) atoms. The largest absolute Gasteiger partial charge is 0.389 e. The Hall–Kier alpha value is -1.03. The van der Waals surface area contributed by atoms with Gasteiger partial charge in [0, 0.05) is 25.9 Å². The molecule has 4 nitrogen and oxygen atoms in total. The minimum atomic E-state index is -0.697. The lowest BCUT2D eigenvalue weighted by Crippen LogP contribution is -2.29. The number of anilines is 1. The predicted octanol–water partition coefficient (Wildman–Crippen LogP) is 0.603. The van der Waals surface area contributed by atoms with Gasteiger partial charge in [-0.1, -0.05) is 0 Å². The molecular formula is C8H15N3O. The Bertz CT molecular complexity index is 249.